The minimum absolute atomic E-state index is 1.04. The lowest BCUT2D eigenvalue weighted by molar-refractivity contribution is 0.970. The van der Waals surface area contributed by atoms with Gasteiger partial charge in [-0.2, -0.15) is 0 Å². The molecule has 1 aliphatic carbocycles. The van der Waals surface area contributed by atoms with Gasteiger partial charge in [0, 0.05) is 30.4 Å². The summed E-state index contributed by atoms with van der Waals surface area (Å²) in [6, 6.07) is 72.4. The van der Waals surface area contributed by atoms with Crippen LogP contribution in [0.2, 0.25) is 0 Å². The van der Waals surface area contributed by atoms with E-state index in [-0.39, 0.29) is 0 Å². The Bertz CT molecular complexity index is 3520. The van der Waals surface area contributed by atoms with Crippen molar-refractivity contribution in [2.24, 2.45) is 0 Å². The molecule has 0 atom stereocenters. The van der Waals surface area contributed by atoms with E-state index < -0.39 is 0 Å². The summed E-state index contributed by atoms with van der Waals surface area (Å²) in [5.41, 5.74) is 12.1. The zero-order valence-electron chi connectivity index (χ0n) is 33.8. The second kappa shape index (κ2) is 14.3. The Morgan fingerprint density at radius 1 is 0.371 bits per heavy atom. The van der Waals surface area contributed by atoms with Gasteiger partial charge < -0.3 is 9.80 Å². The first-order valence-corrected chi connectivity index (χ1v) is 23.0. The van der Waals surface area contributed by atoms with Crippen LogP contribution in [0.25, 0.3) is 65.3 Å². The zero-order valence-corrected chi connectivity index (χ0v) is 35.4. The van der Waals surface area contributed by atoms with Crippen LogP contribution in [0.3, 0.4) is 0 Å². The van der Waals surface area contributed by atoms with E-state index in [1.54, 1.807) is 0 Å². The van der Waals surface area contributed by atoms with Gasteiger partial charge in [-0.25, -0.2) is 0 Å². The molecule has 0 fully saturated rings. The first-order valence-electron chi connectivity index (χ1n) is 21.4. The van der Waals surface area contributed by atoms with E-state index in [9.17, 15) is 0 Å². The normalized spacial score (nSPS) is 14.3. The number of benzene rings is 10. The van der Waals surface area contributed by atoms with Crippen LogP contribution >= 0.6 is 23.5 Å². The van der Waals surface area contributed by atoms with Crippen LogP contribution in [0.1, 0.15) is 12.8 Å². The highest BCUT2D eigenvalue weighted by atomic mass is 32.2. The molecule has 292 valence electrons. The van der Waals surface area contributed by atoms with Crippen LogP contribution in [0.15, 0.2) is 232 Å². The Balaban J connectivity index is 1.23. The van der Waals surface area contributed by atoms with E-state index in [1.165, 1.54) is 119 Å². The number of rotatable bonds is 4. The lowest BCUT2D eigenvalue weighted by Gasteiger charge is -2.37. The second-order valence-corrected chi connectivity index (χ2v) is 18.5. The van der Waals surface area contributed by atoms with Gasteiger partial charge in [0.25, 0.3) is 0 Å². The standard InChI is InChI=1S/C58H38N2S2/c1-3-17-39-35-41(33-31-37(39)15-1)55-43-19-13-26-50(60-47-23-7-11-29-53(47)62-54-30-12-8-24-48(54)60)58(43)56(42-34-32-38-16-2-4-18-40(38)36-42)44-20-14-25-49(57(44)55)59-45-21-5-9-27-51(45)61-52-28-10-6-22-46(52)59/h1-11,13-29,31-36H,12,30H2. The summed E-state index contributed by atoms with van der Waals surface area (Å²) in [5, 5.41) is 9.87. The largest absolute Gasteiger partial charge is 0.308 e. The lowest BCUT2D eigenvalue weighted by Crippen LogP contribution is -2.21. The van der Waals surface area contributed by atoms with Gasteiger partial charge in [0.15, 0.2) is 0 Å². The maximum Gasteiger partial charge on any atom is 0.0601 e. The smallest absolute Gasteiger partial charge is 0.0601 e. The summed E-state index contributed by atoms with van der Waals surface area (Å²) in [6.45, 7) is 0. The molecule has 10 aromatic carbocycles. The van der Waals surface area contributed by atoms with Gasteiger partial charge in [-0.05, 0) is 134 Å². The number of allylic oxidation sites excluding steroid dienone is 3. The summed E-state index contributed by atoms with van der Waals surface area (Å²) in [6.07, 6.45) is 6.81. The molecule has 0 radical (unpaired) electrons. The number of nitrogens with zero attached hydrogens (tertiary/aromatic N) is 2. The highest BCUT2D eigenvalue weighted by molar-refractivity contribution is 8.03. The fourth-order valence-electron chi connectivity index (χ4n) is 10.1. The van der Waals surface area contributed by atoms with Gasteiger partial charge in [-0.3, -0.25) is 0 Å². The summed E-state index contributed by atoms with van der Waals surface area (Å²) < 4.78 is 0. The summed E-state index contributed by atoms with van der Waals surface area (Å²) >= 11 is 3.79. The highest BCUT2D eigenvalue weighted by Crippen LogP contribution is 2.58. The van der Waals surface area contributed by atoms with E-state index in [4.69, 9.17) is 0 Å². The third kappa shape index (κ3) is 5.53. The number of para-hydroxylation sites is 3. The molecule has 0 spiro atoms. The molecule has 0 saturated heterocycles. The fraction of sp³-hybridized carbons (Fsp3) is 0.0345. The van der Waals surface area contributed by atoms with Crippen molar-refractivity contribution in [2.75, 3.05) is 9.80 Å². The molecular weight excluding hydrogens is 789 g/mol. The van der Waals surface area contributed by atoms with Crippen molar-refractivity contribution in [3.63, 3.8) is 0 Å². The Kier molecular flexibility index (Phi) is 8.25. The molecule has 0 bridgehead atoms. The van der Waals surface area contributed by atoms with E-state index in [0.717, 1.165) is 12.8 Å². The molecule has 4 heteroatoms. The van der Waals surface area contributed by atoms with E-state index in [2.05, 4.69) is 216 Å². The molecule has 0 amide bonds. The quantitative estimate of drug-likeness (QED) is 0.163. The molecule has 2 nitrogen and oxygen atoms in total. The lowest BCUT2D eigenvalue weighted by atomic mass is 9.83. The third-order valence-electron chi connectivity index (χ3n) is 12.8. The van der Waals surface area contributed by atoms with Crippen molar-refractivity contribution in [3.05, 3.63) is 217 Å². The van der Waals surface area contributed by atoms with Crippen LogP contribution in [0, 0.1) is 0 Å². The first-order chi connectivity index (χ1) is 30.8. The van der Waals surface area contributed by atoms with Crippen LogP contribution in [-0.2, 0) is 0 Å². The SMILES string of the molecule is C1=CC2=C(CC1)Sc1ccccc1N2c1cccc2c(-c3ccc4ccccc4c3)c3c(N4c5ccccc5Sc5ccccc54)cccc3c(-c3ccc4ccccc4c3)c12. The van der Waals surface area contributed by atoms with Crippen molar-refractivity contribution in [1.82, 2.24) is 0 Å². The van der Waals surface area contributed by atoms with Crippen molar-refractivity contribution in [1.29, 1.82) is 0 Å². The molecular formula is C58H38N2S2. The van der Waals surface area contributed by atoms with E-state index >= 15 is 0 Å². The molecule has 62 heavy (non-hydrogen) atoms. The minimum Gasteiger partial charge on any atom is -0.308 e. The van der Waals surface area contributed by atoms with Crippen molar-refractivity contribution >= 4 is 95.1 Å². The Labute approximate surface area is 369 Å². The molecule has 10 aromatic rings. The topological polar surface area (TPSA) is 6.48 Å². The number of thioether (sulfide) groups is 1. The van der Waals surface area contributed by atoms with Crippen LogP contribution < -0.4 is 9.80 Å². The molecule has 13 rings (SSSR count). The van der Waals surface area contributed by atoms with Crippen molar-refractivity contribution < 1.29 is 0 Å². The Hall–Kier alpha value is -6.98. The molecule has 2 aliphatic heterocycles. The summed E-state index contributed by atoms with van der Waals surface area (Å²) in [7, 11) is 0. The Morgan fingerprint density at radius 3 is 1.39 bits per heavy atom. The van der Waals surface area contributed by atoms with Gasteiger partial charge >= 0.3 is 0 Å². The van der Waals surface area contributed by atoms with Crippen molar-refractivity contribution in [2.45, 2.75) is 27.5 Å². The predicted octanol–water partition coefficient (Wildman–Crippen LogP) is 17.4. The predicted molar refractivity (Wildman–Crippen MR) is 266 cm³/mol. The van der Waals surface area contributed by atoms with Gasteiger partial charge in [0.1, 0.15) is 0 Å². The fourth-order valence-corrected chi connectivity index (χ4v) is 12.3. The van der Waals surface area contributed by atoms with Gasteiger partial charge in [-0.1, -0.05) is 163 Å². The average Bonchev–Trinajstić information content (AvgIpc) is 3.33. The molecule has 0 N–H and O–H groups in total. The van der Waals surface area contributed by atoms with E-state index in [0.29, 0.717) is 0 Å². The third-order valence-corrected chi connectivity index (χ3v) is 15.1. The summed E-state index contributed by atoms with van der Waals surface area (Å²) in [4.78, 5) is 10.3. The molecule has 2 heterocycles. The number of fused-ring (bicyclic) bond motifs is 7. The second-order valence-electron chi connectivity index (χ2n) is 16.3. The maximum absolute atomic E-state index is 2.57. The zero-order chi connectivity index (χ0) is 40.7. The number of hydrogen-bond donors (Lipinski definition) is 0. The summed E-state index contributed by atoms with van der Waals surface area (Å²) in [5.74, 6) is 0. The first kappa shape index (κ1) is 35.7. The van der Waals surface area contributed by atoms with E-state index in [1.807, 2.05) is 23.5 Å². The van der Waals surface area contributed by atoms with Crippen molar-refractivity contribution in [3.8, 4) is 22.3 Å². The minimum atomic E-state index is 1.04. The monoisotopic (exact) mass is 826 g/mol. The van der Waals surface area contributed by atoms with Gasteiger partial charge in [-0.15, -0.1) is 0 Å². The highest BCUT2D eigenvalue weighted by Gasteiger charge is 2.32. The maximum atomic E-state index is 2.57. The number of hydrogen-bond acceptors (Lipinski definition) is 4. The van der Waals surface area contributed by atoms with Gasteiger partial charge in [0.05, 0.1) is 34.1 Å². The molecule has 0 saturated carbocycles. The average molecular weight is 827 g/mol. The molecule has 0 unspecified atom stereocenters. The molecule has 0 aromatic heterocycles. The van der Waals surface area contributed by atoms with Crippen LogP contribution in [-0.4, -0.2) is 0 Å². The van der Waals surface area contributed by atoms with Crippen LogP contribution in [0.4, 0.5) is 28.4 Å². The molecule has 3 aliphatic rings. The number of anilines is 5. The van der Waals surface area contributed by atoms with Crippen LogP contribution in [0.5, 0.6) is 0 Å². The Morgan fingerprint density at radius 2 is 0.823 bits per heavy atom. The van der Waals surface area contributed by atoms with Gasteiger partial charge in [0.2, 0.25) is 0 Å².